The third kappa shape index (κ3) is 4.67. The second kappa shape index (κ2) is 6.97. The van der Waals surface area contributed by atoms with E-state index in [2.05, 4.69) is 5.32 Å². The molecule has 0 bridgehead atoms. The van der Waals surface area contributed by atoms with E-state index in [1.807, 2.05) is 0 Å². The Balaban J connectivity index is 1.43. The highest BCUT2D eigenvalue weighted by Crippen LogP contribution is 2.28. The first-order chi connectivity index (χ1) is 10.1. The SMILES string of the molecule is O=S(=O)(CC1CCCCC1)N1CCC(CNC2CC2)CC1. The fourth-order valence-corrected chi connectivity index (χ4v) is 5.68. The first-order valence-electron chi connectivity index (χ1n) is 8.85. The van der Waals surface area contributed by atoms with Crippen LogP contribution in [0.2, 0.25) is 0 Å². The minimum absolute atomic E-state index is 0.401. The maximum absolute atomic E-state index is 12.5. The molecule has 4 nitrogen and oxygen atoms in total. The Bertz CT molecular complexity index is 420. The quantitative estimate of drug-likeness (QED) is 0.819. The van der Waals surface area contributed by atoms with Gasteiger partial charge >= 0.3 is 0 Å². The minimum atomic E-state index is -3.01. The molecule has 1 aliphatic heterocycles. The van der Waals surface area contributed by atoms with Gasteiger partial charge in [-0.1, -0.05) is 19.3 Å². The fourth-order valence-electron chi connectivity index (χ4n) is 3.77. The third-order valence-corrected chi connectivity index (χ3v) is 7.46. The van der Waals surface area contributed by atoms with E-state index in [9.17, 15) is 8.42 Å². The van der Waals surface area contributed by atoms with E-state index in [1.165, 1.54) is 32.1 Å². The van der Waals surface area contributed by atoms with Crippen LogP contribution in [-0.2, 0) is 10.0 Å². The zero-order valence-corrected chi connectivity index (χ0v) is 13.9. The van der Waals surface area contributed by atoms with E-state index < -0.39 is 10.0 Å². The molecule has 0 radical (unpaired) electrons. The summed E-state index contributed by atoms with van der Waals surface area (Å²) in [5.41, 5.74) is 0. The van der Waals surface area contributed by atoms with Crippen LogP contribution in [0, 0.1) is 11.8 Å². The van der Waals surface area contributed by atoms with E-state index in [0.29, 0.717) is 17.6 Å². The molecule has 1 heterocycles. The van der Waals surface area contributed by atoms with Crippen LogP contribution in [0.4, 0.5) is 0 Å². The molecule has 122 valence electrons. The van der Waals surface area contributed by atoms with Crippen molar-refractivity contribution in [3.05, 3.63) is 0 Å². The molecular formula is C16H30N2O2S. The molecule has 1 saturated heterocycles. The molecule has 3 aliphatic rings. The fraction of sp³-hybridized carbons (Fsp3) is 1.00. The predicted octanol–water partition coefficient (Wildman–Crippen LogP) is 2.36. The van der Waals surface area contributed by atoms with Gasteiger partial charge in [-0.25, -0.2) is 12.7 Å². The van der Waals surface area contributed by atoms with Crippen LogP contribution in [0.15, 0.2) is 0 Å². The van der Waals surface area contributed by atoms with Gasteiger partial charge in [-0.3, -0.25) is 0 Å². The second-order valence-electron chi connectivity index (χ2n) is 7.31. The molecule has 0 unspecified atom stereocenters. The van der Waals surface area contributed by atoms with E-state index in [0.717, 1.165) is 51.4 Å². The van der Waals surface area contributed by atoms with Crippen molar-refractivity contribution < 1.29 is 8.42 Å². The van der Waals surface area contributed by atoms with Gasteiger partial charge in [-0.05, 0) is 56.9 Å². The summed E-state index contributed by atoms with van der Waals surface area (Å²) in [5.74, 6) is 1.49. The van der Waals surface area contributed by atoms with Crippen LogP contribution in [0.5, 0.6) is 0 Å². The molecule has 2 aliphatic carbocycles. The lowest BCUT2D eigenvalue weighted by atomic mass is 9.91. The molecule has 3 rings (SSSR count). The summed E-state index contributed by atoms with van der Waals surface area (Å²) >= 11 is 0. The van der Waals surface area contributed by atoms with E-state index in [-0.39, 0.29) is 0 Å². The largest absolute Gasteiger partial charge is 0.314 e. The van der Waals surface area contributed by atoms with Gasteiger partial charge in [0.05, 0.1) is 5.75 Å². The molecule has 0 amide bonds. The molecule has 0 atom stereocenters. The summed E-state index contributed by atoms with van der Waals surface area (Å²) in [7, 11) is -3.01. The molecule has 5 heteroatoms. The van der Waals surface area contributed by atoms with Gasteiger partial charge in [-0.2, -0.15) is 0 Å². The van der Waals surface area contributed by atoms with Crippen LogP contribution in [0.1, 0.15) is 57.8 Å². The van der Waals surface area contributed by atoms with Crippen molar-refractivity contribution in [1.29, 1.82) is 0 Å². The van der Waals surface area contributed by atoms with Crippen molar-refractivity contribution in [3.8, 4) is 0 Å². The van der Waals surface area contributed by atoms with Crippen molar-refractivity contribution >= 4 is 10.0 Å². The maximum Gasteiger partial charge on any atom is 0.214 e. The van der Waals surface area contributed by atoms with Crippen molar-refractivity contribution in [1.82, 2.24) is 9.62 Å². The lowest BCUT2D eigenvalue weighted by Gasteiger charge is -2.33. The Kier molecular flexibility index (Phi) is 5.23. The molecular weight excluding hydrogens is 284 g/mol. The molecule has 0 aromatic rings. The Morgan fingerprint density at radius 2 is 1.52 bits per heavy atom. The van der Waals surface area contributed by atoms with Crippen LogP contribution in [-0.4, -0.2) is 44.2 Å². The minimum Gasteiger partial charge on any atom is -0.314 e. The maximum atomic E-state index is 12.5. The van der Waals surface area contributed by atoms with Crippen LogP contribution >= 0.6 is 0 Å². The summed E-state index contributed by atoms with van der Waals surface area (Å²) in [4.78, 5) is 0. The lowest BCUT2D eigenvalue weighted by Crippen LogP contribution is -2.43. The van der Waals surface area contributed by atoms with Gasteiger partial charge in [0.1, 0.15) is 0 Å². The number of rotatable bonds is 6. The first-order valence-corrected chi connectivity index (χ1v) is 10.5. The first kappa shape index (κ1) is 15.8. The second-order valence-corrected chi connectivity index (χ2v) is 9.32. The van der Waals surface area contributed by atoms with Gasteiger partial charge in [0.2, 0.25) is 10.0 Å². The standard InChI is InChI=1S/C16H30N2O2S/c19-21(20,13-15-4-2-1-3-5-15)18-10-8-14(9-11-18)12-17-16-6-7-16/h14-17H,1-13H2. The predicted molar refractivity (Wildman–Crippen MR) is 85.7 cm³/mol. The molecule has 0 aromatic heterocycles. The van der Waals surface area contributed by atoms with Gasteiger partial charge in [0.15, 0.2) is 0 Å². The highest BCUT2D eigenvalue weighted by molar-refractivity contribution is 7.89. The highest BCUT2D eigenvalue weighted by atomic mass is 32.2. The topological polar surface area (TPSA) is 49.4 Å². The third-order valence-electron chi connectivity index (χ3n) is 5.41. The number of nitrogens with zero attached hydrogens (tertiary/aromatic N) is 1. The number of sulfonamides is 1. The molecule has 2 saturated carbocycles. The molecule has 0 aromatic carbocycles. The molecule has 3 fully saturated rings. The average molecular weight is 314 g/mol. The Labute approximate surface area is 129 Å². The van der Waals surface area contributed by atoms with E-state index in [4.69, 9.17) is 0 Å². The Morgan fingerprint density at radius 1 is 0.857 bits per heavy atom. The lowest BCUT2D eigenvalue weighted by molar-refractivity contribution is 0.264. The summed E-state index contributed by atoms with van der Waals surface area (Å²) in [6, 6.07) is 0.762. The average Bonchev–Trinajstić information content (AvgIpc) is 3.30. The number of hydrogen-bond donors (Lipinski definition) is 1. The van der Waals surface area contributed by atoms with E-state index >= 15 is 0 Å². The van der Waals surface area contributed by atoms with Gasteiger partial charge in [-0.15, -0.1) is 0 Å². The number of hydrogen-bond acceptors (Lipinski definition) is 3. The molecule has 1 N–H and O–H groups in total. The number of nitrogens with one attached hydrogen (secondary N) is 1. The van der Waals surface area contributed by atoms with Crippen LogP contribution < -0.4 is 5.32 Å². The monoisotopic (exact) mass is 314 g/mol. The van der Waals surface area contributed by atoms with Gasteiger partial charge in [0, 0.05) is 19.1 Å². The molecule has 21 heavy (non-hydrogen) atoms. The summed E-state index contributed by atoms with van der Waals surface area (Å²) in [5, 5.41) is 3.58. The van der Waals surface area contributed by atoms with Crippen molar-refractivity contribution in [3.63, 3.8) is 0 Å². The van der Waals surface area contributed by atoms with Crippen molar-refractivity contribution in [2.45, 2.75) is 63.8 Å². The van der Waals surface area contributed by atoms with Gasteiger partial charge in [0.25, 0.3) is 0 Å². The smallest absolute Gasteiger partial charge is 0.214 e. The highest BCUT2D eigenvalue weighted by Gasteiger charge is 2.31. The zero-order valence-electron chi connectivity index (χ0n) is 13.1. The van der Waals surface area contributed by atoms with Gasteiger partial charge < -0.3 is 5.32 Å². The van der Waals surface area contributed by atoms with Crippen LogP contribution in [0.3, 0.4) is 0 Å². The Hall–Kier alpha value is -0.130. The van der Waals surface area contributed by atoms with E-state index in [1.54, 1.807) is 4.31 Å². The van der Waals surface area contributed by atoms with Crippen molar-refractivity contribution in [2.75, 3.05) is 25.4 Å². The van der Waals surface area contributed by atoms with Crippen LogP contribution in [0.25, 0.3) is 0 Å². The summed E-state index contributed by atoms with van der Waals surface area (Å²) < 4.78 is 26.9. The number of piperidine rings is 1. The summed E-state index contributed by atoms with van der Waals surface area (Å²) in [6.45, 7) is 2.57. The normalized spacial score (nSPS) is 27.0. The zero-order chi connectivity index (χ0) is 14.7. The van der Waals surface area contributed by atoms with Crippen molar-refractivity contribution in [2.24, 2.45) is 11.8 Å². The molecule has 0 spiro atoms. The Morgan fingerprint density at radius 3 is 2.14 bits per heavy atom. The summed E-state index contributed by atoms with van der Waals surface area (Å²) in [6.07, 6.45) is 10.7.